The maximum atomic E-state index is 12.3. The third-order valence-electron chi connectivity index (χ3n) is 3.56. The first kappa shape index (κ1) is 25.6. The number of nitrogens with two attached hydrogens (primary N) is 2. The molecule has 9 N–H and O–H groups in total. The lowest BCUT2D eigenvalue weighted by Crippen LogP contribution is -2.57. The Morgan fingerprint density at radius 1 is 0.964 bits per heavy atom. The first-order chi connectivity index (χ1) is 13.2. The number of carboxylic acids is 1. The third kappa shape index (κ3) is 10.1. The molecule has 0 saturated carbocycles. The van der Waals surface area contributed by atoms with Crippen LogP contribution < -0.4 is 27.4 Å². The van der Waals surface area contributed by atoms with E-state index in [1.165, 1.54) is 11.8 Å². The van der Waals surface area contributed by atoms with E-state index < -0.39 is 60.9 Å². The van der Waals surface area contributed by atoms with Crippen molar-refractivity contribution in [3.63, 3.8) is 0 Å². The number of primary amides is 1. The number of thioether (sulfide) groups is 1. The summed E-state index contributed by atoms with van der Waals surface area (Å²) in [6, 6.07) is -3.85. The number of amides is 4. The van der Waals surface area contributed by atoms with Gasteiger partial charge in [-0.15, -0.1) is 0 Å². The van der Waals surface area contributed by atoms with Gasteiger partial charge in [-0.3, -0.25) is 19.2 Å². The number of aliphatic carboxylic acids is 1. The first-order valence-electron chi connectivity index (χ1n) is 8.37. The van der Waals surface area contributed by atoms with Crippen LogP contribution in [-0.4, -0.2) is 83.1 Å². The van der Waals surface area contributed by atoms with Crippen LogP contribution in [0.4, 0.5) is 0 Å². The fourth-order valence-electron chi connectivity index (χ4n) is 2.04. The Bertz CT molecular complexity index is 575. The molecule has 12 nitrogen and oxygen atoms in total. The van der Waals surface area contributed by atoms with Crippen molar-refractivity contribution in [3.8, 4) is 0 Å². The fraction of sp³-hybridized carbons (Fsp3) is 0.667. The Balaban J connectivity index is 5.05. The summed E-state index contributed by atoms with van der Waals surface area (Å²) in [5, 5.41) is 25.3. The molecule has 0 heterocycles. The molecule has 28 heavy (non-hydrogen) atoms. The van der Waals surface area contributed by atoms with Gasteiger partial charge in [0, 0.05) is 6.42 Å². The zero-order chi connectivity index (χ0) is 21.7. The third-order valence-corrected chi connectivity index (χ3v) is 4.20. The summed E-state index contributed by atoms with van der Waals surface area (Å²) in [6.07, 6.45) is 1.58. The van der Waals surface area contributed by atoms with Gasteiger partial charge in [-0.05, 0) is 24.9 Å². The van der Waals surface area contributed by atoms with Crippen molar-refractivity contribution in [1.82, 2.24) is 16.0 Å². The Morgan fingerprint density at radius 3 is 2.00 bits per heavy atom. The number of carbonyl (C=O) groups excluding carboxylic acids is 4. The molecule has 0 aromatic heterocycles. The van der Waals surface area contributed by atoms with Crippen LogP contribution in [0.1, 0.15) is 19.3 Å². The highest BCUT2D eigenvalue weighted by Crippen LogP contribution is 2.03. The van der Waals surface area contributed by atoms with E-state index in [4.69, 9.17) is 16.6 Å². The number of hydrogen-bond acceptors (Lipinski definition) is 8. The van der Waals surface area contributed by atoms with Crippen LogP contribution in [-0.2, 0) is 24.0 Å². The molecule has 13 heteroatoms. The molecule has 0 spiro atoms. The van der Waals surface area contributed by atoms with E-state index in [0.717, 1.165) is 0 Å². The summed E-state index contributed by atoms with van der Waals surface area (Å²) in [4.78, 5) is 58.2. The molecule has 0 aromatic carbocycles. The highest BCUT2D eigenvalue weighted by Gasteiger charge is 2.29. The van der Waals surface area contributed by atoms with Crippen molar-refractivity contribution < 1.29 is 34.2 Å². The zero-order valence-corrected chi connectivity index (χ0v) is 16.3. The van der Waals surface area contributed by atoms with Crippen LogP contribution in [0.25, 0.3) is 0 Å². The molecule has 3 unspecified atom stereocenters. The maximum Gasteiger partial charge on any atom is 0.326 e. The number of hydrogen-bond donors (Lipinski definition) is 7. The average Bonchev–Trinajstić information content (AvgIpc) is 2.65. The van der Waals surface area contributed by atoms with Crippen molar-refractivity contribution in [2.45, 2.75) is 37.4 Å². The SMILES string of the molecule is CSCCC(NC(=O)C(CO)NC(=O)C(CCC(N)=O)NC(=O)CN)C(=O)O. The second-order valence-corrected chi connectivity index (χ2v) is 6.74. The van der Waals surface area contributed by atoms with E-state index in [-0.39, 0.29) is 19.3 Å². The van der Waals surface area contributed by atoms with E-state index in [2.05, 4.69) is 16.0 Å². The van der Waals surface area contributed by atoms with E-state index in [9.17, 15) is 29.1 Å². The van der Waals surface area contributed by atoms with Gasteiger partial charge < -0.3 is 37.6 Å². The van der Waals surface area contributed by atoms with Gasteiger partial charge >= 0.3 is 5.97 Å². The molecule has 0 aliphatic rings. The quantitative estimate of drug-likeness (QED) is 0.148. The van der Waals surface area contributed by atoms with Gasteiger partial charge in [-0.25, -0.2) is 4.79 Å². The minimum Gasteiger partial charge on any atom is -0.480 e. The second-order valence-electron chi connectivity index (χ2n) is 5.75. The van der Waals surface area contributed by atoms with Crippen molar-refractivity contribution in [1.29, 1.82) is 0 Å². The standard InChI is InChI=1S/C15H27N5O7S/c1-28-5-4-9(15(26)27)19-14(25)10(7-21)20-13(24)8(2-3-11(17)22)18-12(23)6-16/h8-10,21H,2-7,16H2,1H3,(H2,17,22)(H,18,23)(H,19,25)(H,20,24)(H,26,27). The van der Waals surface area contributed by atoms with Crippen LogP contribution in [0.15, 0.2) is 0 Å². The summed E-state index contributed by atoms with van der Waals surface area (Å²) >= 11 is 1.40. The number of rotatable bonds is 14. The minimum absolute atomic E-state index is 0.141. The number of nitrogens with one attached hydrogen (secondary N) is 3. The van der Waals surface area contributed by atoms with Gasteiger partial charge in [0.1, 0.15) is 18.1 Å². The lowest BCUT2D eigenvalue weighted by atomic mass is 10.1. The predicted octanol–water partition coefficient (Wildman–Crippen LogP) is -3.50. The number of carbonyl (C=O) groups is 5. The van der Waals surface area contributed by atoms with E-state index in [0.29, 0.717) is 5.75 Å². The molecule has 0 radical (unpaired) electrons. The highest BCUT2D eigenvalue weighted by molar-refractivity contribution is 7.98. The molecule has 0 saturated heterocycles. The van der Waals surface area contributed by atoms with Gasteiger partial charge in [0.25, 0.3) is 0 Å². The zero-order valence-electron chi connectivity index (χ0n) is 15.5. The monoisotopic (exact) mass is 421 g/mol. The molecule has 4 amide bonds. The molecule has 0 rings (SSSR count). The van der Waals surface area contributed by atoms with Crippen molar-refractivity contribution in [3.05, 3.63) is 0 Å². The lowest BCUT2D eigenvalue weighted by Gasteiger charge is -2.23. The fourth-order valence-corrected chi connectivity index (χ4v) is 2.51. The molecular formula is C15H27N5O7S. The van der Waals surface area contributed by atoms with Crippen molar-refractivity contribution in [2.75, 3.05) is 25.2 Å². The molecule has 160 valence electrons. The van der Waals surface area contributed by atoms with Gasteiger partial charge in [-0.1, -0.05) is 0 Å². The molecule has 0 fully saturated rings. The van der Waals surface area contributed by atoms with Gasteiger partial charge in [0.2, 0.25) is 23.6 Å². The smallest absolute Gasteiger partial charge is 0.326 e. The van der Waals surface area contributed by atoms with Gasteiger partial charge in [-0.2, -0.15) is 11.8 Å². The summed E-state index contributed by atoms with van der Waals surface area (Å²) in [5.74, 6) is -3.89. The van der Waals surface area contributed by atoms with Crippen molar-refractivity contribution >= 4 is 41.4 Å². The van der Waals surface area contributed by atoms with Crippen molar-refractivity contribution in [2.24, 2.45) is 11.5 Å². The van der Waals surface area contributed by atoms with Crippen LogP contribution in [0.2, 0.25) is 0 Å². The van der Waals surface area contributed by atoms with E-state index >= 15 is 0 Å². The molecule has 0 bridgehead atoms. The predicted molar refractivity (Wildman–Crippen MR) is 101 cm³/mol. The summed E-state index contributed by atoms with van der Waals surface area (Å²) < 4.78 is 0. The summed E-state index contributed by atoms with van der Waals surface area (Å²) in [7, 11) is 0. The number of aliphatic hydroxyl groups excluding tert-OH is 1. The van der Waals surface area contributed by atoms with Crippen LogP contribution in [0.3, 0.4) is 0 Å². The molecular weight excluding hydrogens is 394 g/mol. The van der Waals surface area contributed by atoms with E-state index in [1.54, 1.807) is 6.26 Å². The van der Waals surface area contributed by atoms with E-state index in [1.807, 2.05) is 0 Å². The lowest BCUT2D eigenvalue weighted by molar-refractivity contribution is -0.142. The molecule has 3 atom stereocenters. The molecule has 0 aliphatic carbocycles. The number of carboxylic acid groups (broad SMARTS) is 1. The topological polar surface area (TPSA) is 214 Å². The van der Waals surface area contributed by atoms with Crippen LogP contribution in [0, 0.1) is 0 Å². The molecule has 0 aromatic rings. The highest BCUT2D eigenvalue weighted by atomic mass is 32.2. The van der Waals surface area contributed by atoms with Gasteiger partial charge in [0.05, 0.1) is 13.2 Å². The van der Waals surface area contributed by atoms with Crippen LogP contribution in [0.5, 0.6) is 0 Å². The number of aliphatic hydroxyl groups is 1. The Hall–Kier alpha value is -2.38. The Kier molecular flexibility index (Phi) is 12.6. The minimum atomic E-state index is -1.45. The van der Waals surface area contributed by atoms with Gasteiger partial charge in [0.15, 0.2) is 0 Å². The largest absolute Gasteiger partial charge is 0.480 e. The Morgan fingerprint density at radius 2 is 1.54 bits per heavy atom. The molecule has 0 aliphatic heterocycles. The normalized spacial score (nSPS) is 13.7. The maximum absolute atomic E-state index is 12.3. The Labute approximate surface area is 166 Å². The first-order valence-corrected chi connectivity index (χ1v) is 9.76. The second kappa shape index (κ2) is 13.7. The van der Waals surface area contributed by atoms with Crippen LogP contribution >= 0.6 is 11.8 Å². The summed E-state index contributed by atoms with van der Waals surface area (Å²) in [6.45, 7) is -1.21. The average molecular weight is 421 g/mol. The summed E-state index contributed by atoms with van der Waals surface area (Å²) in [5.41, 5.74) is 10.2.